The lowest BCUT2D eigenvalue weighted by molar-refractivity contribution is -0.127. The summed E-state index contributed by atoms with van der Waals surface area (Å²) in [6, 6.07) is 13.2. The molecular formula is C22H24N4O3. The Labute approximate surface area is 169 Å². The number of benzene rings is 1. The van der Waals surface area contributed by atoms with E-state index in [9.17, 15) is 9.59 Å². The van der Waals surface area contributed by atoms with Gasteiger partial charge in [-0.2, -0.15) is 5.10 Å². The molecule has 1 saturated heterocycles. The maximum absolute atomic E-state index is 12.7. The highest BCUT2D eigenvalue weighted by molar-refractivity contribution is 6.42. The number of aryl methyl sites for hydroxylation is 3. The number of furan rings is 1. The zero-order valence-electron chi connectivity index (χ0n) is 16.5. The predicted octanol–water partition coefficient (Wildman–Crippen LogP) is 3.36. The summed E-state index contributed by atoms with van der Waals surface area (Å²) in [5, 5.41) is 4.65. The van der Waals surface area contributed by atoms with Crippen molar-refractivity contribution < 1.29 is 14.0 Å². The van der Waals surface area contributed by atoms with E-state index in [4.69, 9.17) is 4.42 Å². The minimum absolute atomic E-state index is 0.0660. The fraction of sp³-hybridized carbons (Fsp3) is 0.364. The molecule has 3 aromatic rings. The molecule has 0 radical (unpaired) electrons. The number of amides is 1. The molecule has 1 aliphatic heterocycles. The van der Waals surface area contributed by atoms with Crippen LogP contribution in [0.3, 0.4) is 0 Å². The molecule has 0 N–H and O–H groups in total. The van der Waals surface area contributed by atoms with Crippen LogP contribution in [0.15, 0.2) is 53.1 Å². The number of aromatic nitrogens is 3. The quantitative estimate of drug-likeness (QED) is 0.455. The Hall–Kier alpha value is -3.22. The van der Waals surface area contributed by atoms with Crippen LogP contribution in [0.1, 0.15) is 53.1 Å². The van der Waals surface area contributed by atoms with Crippen LogP contribution >= 0.6 is 0 Å². The highest BCUT2D eigenvalue weighted by Crippen LogP contribution is 2.30. The zero-order valence-corrected chi connectivity index (χ0v) is 16.5. The Balaban J connectivity index is 1.43. The predicted molar refractivity (Wildman–Crippen MR) is 106 cm³/mol. The molecule has 7 heteroatoms. The fourth-order valence-corrected chi connectivity index (χ4v) is 3.79. The van der Waals surface area contributed by atoms with Gasteiger partial charge in [0.1, 0.15) is 5.82 Å². The molecule has 7 nitrogen and oxygen atoms in total. The number of hydrogen-bond donors (Lipinski definition) is 0. The third-order valence-corrected chi connectivity index (χ3v) is 5.30. The van der Waals surface area contributed by atoms with Crippen molar-refractivity contribution in [3.05, 3.63) is 71.7 Å². The van der Waals surface area contributed by atoms with E-state index in [2.05, 4.69) is 22.2 Å². The highest BCUT2D eigenvalue weighted by Gasteiger charge is 2.37. The molecule has 0 bridgehead atoms. The summed E-state index contributed by atoms with van der Waals surface area (Å²) in [5.41, 5.74) is 1.30. The van der Waals surface area contributed by atoms with E-state index in [0.29, 0.717) is 12.4 Å². The Bertz CT molecular complexity index is 979. The Morgan fingerprint density at radius 2 is 2.00 bits per heavy atom. The Kier molecular flexibility index (Phi) is 5.55. The number of Topliss-reactive ketones (excluding diaryl/α,β-unsaturated/α-hetero) is 1. The fourth-order valence-electron chi connectivity index (χ4n) is 3.79. The van der Waals surface area contributed by atoms with E-state index >= 15 is 0 Å². The van der Waals surface area contributed by atoms with Crippen LogP contribution in [0.4, 0.5) is 0 Å². The SMILES string of the molecule is Cc1nc(C2CCCN2C(=O)C(=O)c2ccco2)nn1CCCc1ccccc1. The molecule has 1 unspecified atom stereocenters. The lowest BCUT2D eigenvalue weighted by Gasteiger charge is -2.21. The molecule has 0 spiro atoms. The molecule has 0 aliphatic carbocycles. The third kappa shape index (κ3) is 4.13. The lowest BCUT2D eigenvalue weighted by Crippen LogP contribution is -2.36. The van der Waals surface area contributed by atoms with Gasteiger partial charge in [-0.15, -0.1) is 0 Å². The van der Waals surface area contributed by atoms with Crippen molar-refractivity contribution in [3.63, 3.8) is 0 Å². The van der Waals surface area contributed by atoms with Crippen LogP contribution in [-0.4, -0.2) is 37.9 Å². The first-order valence-electron chi connectivity index (χ1n) is 9.97. The molecule has 3 heterocycles. The lowest BCUT2D eigenvalue weighted by atomic mass is 10.1. The van der Waals surface area contributed by atoms with Crippen molar-refractivity contribution in [3.8, 4) is 0 Å². The second-order valence-corrected chi connectivity index (χ2v) is 7.29. The number of hydrogen-bond acceptors (Lipinski definition) is 5. The van der Waals surface area contributed by atoms with Gasteiger partial charge in [-0.25, -0.2) is 4.98 Å². The van der Waals surface area contributed by atoms with E-state index in [1.807, 2.05) is 29.8 Å². The van der Waals surface area contributed by atoms with Gasteiger partial charge >= 0.3 is 0 Å². The summed E-state index contributed by atoms with van der Waals surface area (Å²) >= 11 is 0. The summed E-state index contributed by atoms with van der Waals surface area (Å²) in [4.78, 5) is 31.3. The first-order chi connectivity index (χ1) is 14.1. The zero-order chi connectivity index (χ0) is 20.2. The molecule has 1 aromatic carbocycles. The topological polar surface area (TPSA) is 81.2 Å². The van der Waals surface area contributed by atoms with Gasteiger partial charge in [0.05, 0.1) is 12.3 Å². The average Bonchev–Trinajstić information content (AvgIpc) is 3.49. The molecule has 150 valence electrons. The maximum atomic E-state index is 12.7. The Morgan fingerprint density at radius 3 is 2.76 bits per heavy atom. The number of carbonyl (C=O) groups excluding carboxylic acids is 2. The number of rotatable bonds is 7. The molecule has 4 rings (SSSR count). The van der Waals surface area contributed by atoms with Gasteiger partial charge in [0.2, 0.25) is 0 Å². The van der Waals surface area contributed by atoms with Crippen molar-refractivity contribution in [2.45, 2.75) is 45.2 Å². The van der Waals surface area contributed by atoms with Crippen molar-refractivity contribution in [1.29, 1.82) is 0 Å². The molecule has 29 heavy (non-hydrogen) atoms. The van der Waals surface area contributed by atoms with E-state index in [0.717, 1.165) is 38.1 Å². The van der Waals surface area contributed by atoms with Crippen LogP contribution in [-0.2, 0) is 17.8 Å². The largest absolute Gasteiger partial charge is 0.461 e. The standard InChI is InChI=1S/C22H24N4O3/c1-16-23-21(24-26(16)14-5-10-17-8-3-2-4-9-17)18-11-6-13-25(18)22(28)20(27)19-12-7-15-29-19/h2-4,7-9,12,15,18H,5-6,10-11,13-14H2,1H3. The summed E-state index contributed by atoms with van der Waals surface area (Å²) in [5.74, 6) is 0.322. The van der Waals surface area contributed by atoms with Gasteiger partial charge in [0.25, 0.3) is 11.7 Å². The molecule has 0 saturated carbocycles. The molecule has 2 aromatic heterocycles. The minimum atomic E-state index is -0.624. The highest BCUT2D eigenvalue weighted by atomic mass is 16.3. The summed E-state index contributed by atoms with van der Waals surface area (Å²) in [7, 11) is 0. The third-order valence-electron chi connectivity index (χ3n) is 5.30. The van der Waals surface area contributed by atoms with Gasteiger partial charge < -0.3 is 9.32 Å². The van der Waals surface area contributed by atoms with Crippen LogP contribution < -0.4 is 0 Å². The van der Waals surface area contributed by atoms with E-state index in [1.54, 1.807) is 11.0 Å². The smallest absolute Gasteiger partial charge is 0.298 e. The van der Waals surface area contributed by atoms with Crippen molar-refractivity contribution in [1.82, 2.24) is 19.7 Å². The first kappa shape index (κ1) is 19.1. The second kappa shape index (κ2) is 8.43. The summed E-state index contributed by atoms with van der Waals surface area (Å²) in [6.45, 7) is 3.21. The van der Waals surface area contributed by atoms with Crippen molar-refractivity contribution >= 4 is 11.7 Å². The maximum Gasteiger partial charge on any atom is 0.298 e. The van der Waals surface area contributed by atoms with Crippen molar-refractivity contribution in [2.75, 3.05) is 6.54 Å². The van der Waals surface area contributed by atoms with Gasteiger partial charge in [-0.3, -0.25) is 14.3 Å². The second-order valence-electron chi connectivity index (χ2n) is 7.29. The van der Waals surface area contributed by atoms with E-state index < -0.39 is 11.7 Å². The van der Waals surface area contributed by atoms with Crippen molar-refractivity contribution in [2.24, 2.45) is 0 Å². The summed E-state index contributed by atoms with van der Waals surface area (Å²) < 4.78 is 6.98. The normalized spacial score (nSPS) is 16.3. The van der Waals surface area contributed by atoms with Gasteiger partial charge in [-0.1, -0.05) is 30.3 Å². The minimum Gasteiger partial charge on any atom is -0.461 e. The van der Waals surface area contributed by atoms with Crippen LogP contribution in [0.25, 0.3) is 0 Å². The van der Waals surface area contributed by atoms with Gasteiger partial charge in [-0.05, 0) is 50.3 Å². The molecule has 1 fully saturated rings. The van der Waals surface area contributed by atoms with Crippen LogP contribution in [0, 0.1) is 6.92 Å². The average molecular weight is 392 g/mol. The summed E-state index contributed by atoms with van der Waals surface area (Å²) in [6.07, 6.45) is 4.90. The van der Waals surface area contributed by atoms with E-state index in [1.165, 1.54) is 17.9 Å². The number of likely N-dealkylation sites (tertiary alicyclic amines) is 1. The number of ketones is 1. The molecule has 1 aliphatic rings. The van der Waals surface area contributed by atoms with Gasteiger partial charge in [0.15, 0.2) is 11.6 Å². The monoisotopic (exact) mass is 392 g/mol. The first-order valence-corrected chi connectivity index (χ1v) is 9.97. The molecule has 1 atom stereocenters. The van der Waals surface area contributed by atoms with Gasteiger partial charge in [0, 0.05) is 13.1 Å². The number of carbonyl (C=O) groups is 2. The number of nitrogens with zero attached hydrogens (tertiary/aromatic N) is 4. The Morgan fingerprint density at radius 1 is 1.17 bits per heavy atom. The van der Waals surface area contributed by atoms with Crippen LogP contribution in [0.5, 0.6) is 0 Å². The molecular weight excluding hydrogens is 368 g/mol. The van der Waals surface area contributed by atoms with E-state index in [-0.39, 0.29) is 11.8 Å². The van der Waals surface area contributed by atoms with Crippen LogP contribution in [0.2, 0.25) is 0 Å². The molecule has 1 amide bonds.